The Kier molecular flexibility index (Phi) is 46.7. The summed E-state index contributed by atoms with van der Waals surface area (Å²) in [6.07, 6.45) is 6.19. The number of ketones is 2. The van der Waals surface area contributed by atoms with Gasteiger partial charge in [-0.15, -0.1) is 41.0 Å². The average Bonchev–Trinajstić information content (AvgIpc) is 0.687. The number of nitriles is 4. The molecule has 42 nitrogen and oxygen atoms in total. The summed E-state index contributed by atoms with van der Waals surface area (Å²) in [4.78, 5) is 109. The summed E-state index contributed by atoms with van der Waals surface area (Å²) < 4.78 is 178. The van der Waals surface area contributed by atoms with Gasteiger partial charge in [0.2, 0.25) is 0 Å². The number of carbonyl (C=O) groups excluding carboxylic acids is 6. The van der Waals surface area contributed by atoms with E-state index in [2.05, 4.69) is 19.9 Å². The molecule has 0 saturated carbocycles. The van der Waals surface area contributed by atoms with Crippen molar-refractivity contribution in [2.45, 2.75) is 51.9 Å². The number of halogens is 4. The fourth-order valence-electron chi connectivity index (χ4n) is 11.9. The monoisotopic (exact) mass is 1680 g/mol. The molecule has 4 aromatic heterocycles. The number of rotatable bonds is 12. The maximum absolute atomic E-state index is 14.6. The molecule has 0 aliphatic carbocycles. The Morgan fingerprint density at radius 2 is 0.519 bits per heavy atom. The van der Waals surface area contributed by atoms with Gasteiger partial charge in [0.25, 0.3) is 0 Å². The van der Waals surface area contributed by atoms with Gasteiger partial charge in [0, 0.05) is 103 Å². The van der Waals surface area contributed by atoms with E-state index in [0.29, 0.717) is 45.8 Å². The van der Waals surface area contributed by atoms with Crippen LogP contribution < -0.4 is 93.5 Å². The zero-order valence-electron chi connectivity index (χ0n) is 58.8. The van der Waals surface area contributed by atoms with Gasteiger partial charge in [0.1, 0.15) is 23.0 Å². The van der Waals surface area contributed by atoms with Crippen molar-refractivity contribution in [1.82, 2.24) is 39.5 Å². The molecule has 0 spiro atoms. The number of fused-ring (bicyclic) bond motifs is 4. The standard InChI is InChI=1S/2C25H30N4O7.4C2H3N.4ClHO4.2Cu/c2*1-28-13-24(22(31)35-5)19(17-11-15(33-3)7-9-26-17)29(2)20(18-12-16(34-4)8-10-27-18)25(14-28,21(24)30)23(32)36-6;4*1-2-3;4*2-1(3,4)5;;/h2*7-12,19-20H,13-14H2,1-6H3;4*1H3;4*(H,2,3,4,5);;/q;;;;;;;;;;2*+2/p-4/t2*19-,20+,24-,25+;;;;;;;;;;. The molecule has 0 unspecified atom stereocenters. The number of methoxy groups -OCH3 is 8. The van der Waals surface area contributed by atoms with E-state index in [0.717, 1.165) is 0 Å². The molecule has 4 aliphatic heterocycles. The van der Waals surface area contributed by atoms with Gasteiger partial charge in [-0.3, -0.25) is 58.5 Å². The van der Waals surface area contributed by atoms with Gasteiger partial charge in [0.15, 0.2) is 33.2 Å². The Morgan fingerprint density at radius 1 is 0.377 bits per heavy atom. The van der Waals surface area contributed by atoms with Crippen LogP contribution in [0.4, 0.5) is 0 Å². The smallest absolute Gasteiger partial charge is 0.497 e. The largest absolute Gasteiger partial charge is 2.00 e. The first kappa shape index (κ1) is 105. The molecule has 4 bridgehead atoms. The van der Waals surface area contributed by atoms with Crippen LogP contribution in [0.3, 0.4) is 0 Å². The molecule has 8 rings (SSSR count). The van der Waals surface area contributed by atoms with E-state index in [1.54, 1.807) is 145 Å². The Labute approximate surface area is 637 Å². The van der Waals surface area contributed by atoms with Crippen molar-refractivity contribution in [3.05, 3.63) is 96.1 Å². The van der Waals surface area contributed by atoms with Crippen molar-refractivity contribution >= 4 is 35.4 Å². The number of carbonyl (C=O) groups is 6. The van der Waals surface area contributed by atoms with Crippen LogP contribution in [0.1, 0.15) is 74.6 Å². The molecule has 48 heteroatoms. The number of nitrogens with zero attached hydrogens (tertiary/aromatic N) is 12. The molecule has 0 aromatic carbocycles. The molecular weight excluding hydrogens is 1610 g/mol. The van der Waals surface area contributed by atoms with Gasteiger partial charge in [-0.05, 0) is 52.5 Å². The molecule has 8 atom stereocenters. The summed E-state index contributed by atoms with van der Waals surface area (Å²) in [7, 11) is -1.82. The van der Waals surface area contributed by atoms with Crippen LogP contribution in [-0.2, 0) is 81.9 Å². The summed E-state index contributed by atoms with van der Waals surface area (Å²) >= 11 is 0. The summed E-state index contributed by atoms with van der Waals surface area (Å²) in [6.45, 7) is 5.79. The van der Waals surface area contributed by atoms with Crippen LogP contribution in [-0.4, -0.2) is 186 Å². The summed E-state index contributed by atoms with van der Waals surface area (Å²) in [5.74, 6) is -2.19. The molecule has 4 saturated heterocycles. The molecule has 4 fully saturated rings. The quantitative estimate of drug-likeness (QED) is 0.0550. The van der Waals surface area contributed by atoms with E-state index in [-0.39, 0.29) is 60.3 Å². The number of Topliss-reactive ketones (excluding diaryl/α,β-unsaturated/α-hetero) is 2. The molecule has 8 heterocycles. The molecule has 0 amide bonds. The molecule has 0 N–H and O–H groups in total. The number of ether oxygens (including phenoxy) is 8. The van der Waals surface area contributed by atoms with Gasteiger partial charge < -0.3 is 47.7 Å². The maximum atomic E-state index is 14.6. The third kappa shape index (κ3) is 29.5. The van der Waals surface area contributed by atoms with E-state index in [1.165, 1.54) is 84.6 Å². The van der Waals surface area contributed by atoms with E-state index < -0.39 is 122 Å². The first-order valence-corrected chi connectivity index (χ1v) is 33.0. The predicted molar refractivity (Wildman–Crippen MR) is 298 cm³/mol. The van der Waals surface area contributed by atoms with Crippen LogP contribution in [0.2, 0.25) is 0 Å². The second-order valence-electron chi connectivity index (χ2n) is 20.7. The predicted octanol–water partition coefficient (Wildman–Crippen LogP) is -14.8. The van der Waals surface area contributed by atoms with E-state index in [1.807, 2.05) is 0 Å². The minimum atomic E-state index is -4.94. The third-order valence-electron chi connectivity index (χ3n) is 14.5. The first-order valence-electron chi connectivity index (χ1n) is 28.0. The molecular formula is C58H72Cl4Cu2N12O30. The van der Waals surface area contributed by atoms with E-state index in [9.17, 15) is 28.8 Å². The van der Waals surface area contributed by atoms with Crippen LogP contribution in [0.15, 0.2) is 73.3 Å². The Hall–Kier alpha value is -7.62. The number of esters is 4. The van der Waals surface area contributed by atoms with Crippen molar-refractivity contribution in [2.24, 2.45) is 21.7 Å². The second kappa shape index (κ2) is 47.2. The van der Waals surface area contributed by atoms with Crippen LogP contribution in [0, 0.1) is 108 Å². The van der Waals surface area contributed by atoms with Crippen LogP contribution in [0.25, 0.3) is 0 Å². The molecule has 2 radical (unpaired) electrons. The summed E-state index contributed by atoms with van der Waals surface area (Å²) in [6, 6.07) is 16.7. The zero-order chi connectivity index (χ0) is 81.3. The minimum absolute atomic E-state index is 0. The molecule has 106 heavy (non-hydrogen) atoms. The number of likely N-dealkylation sites (tertiary alicyclic amines) is 4. The van der Waals surface area contributed by atoms with Crippen molar-refractivity contribution in [2.75, 3.05) is 111 Å². The second-order valence-corrected chi connectivity index (χ2v) is 23.7. The summed E-state index contributed by atoms with van der Waals surface area (Å²) in [5.41, 5.74) is -5.46. The first-order chi connectivity index (χ1) is 48.1. The molecule has 4 aromatic rings. The van der Waals surface area contributed by atoms with Crippen LogP contribution in [0.5, 0.6) is 23.0 Å². The number of hydrogen-bond acceptors (Lipinski definition) is 42. The van der Waals surface area contributed by atoms with E-state index >= 15 is 0 Å². The number of hydrogen-bond donors (Lipinski definition) is 0. The molecule has 594 valence electrons. The van der Waals surface area contributed by atoms with Crippen molar-refractivity contribution < 1.29 is 216 Å². The van der Waals surface area contributed by atoms with Gasteiger partial charge in [0.05, 0.1) is 128 Å². The maximum Gasteiger partial charge on any atom is 2.00 e. The van der Waals surface area contributed by atoms with E-state index in [4.69, 9.17) is 133 Å². The van der Waals surface area contributed by atoms with Gasteiger partial charge in [-0.2, -0.15) is 21.0 Å². The number of piperidine rings is 4. The summed E-state index contributed by atoms with van der Waals surface area (Å²) in [5, 5.41) is 29.3. The minimum Gasteiger partial charge on any atom is -0.497 e. The van der Waals surface area contributed by atoms with Gasteiger partial charge >= 0.3 is 58.0 Å². The van der Waals surface area contributed by atoms with Crippen molar-refractivity contribution in [3.63, 3.8) is 0 Å². The normalized spacial score (nSPS) is 21.8. The Balaban J connectivity index is -0.000000689. The fourth-order valence-corrected chi connectivity index (χ4v) is 11.9. The zero-order valence-corrected chi connectivity index (χ0v) is 63.7. The SMILES string of the molecule is CC#N.CC#N.CC#N.CC#N.COC(=O)[C@]12CN(C)C[C@](C(=O)OC)(C1=O)[C@@H](c1cc(OC)ccn1)N(C)[C@H]2c1cc(OC)ccn1.COC(=O)[C@]12CN(C)C[C@](C(=O)OC)(C1=O)[C@@H](c1cc(OC)ccn1)N(C)[C@H]2c1cc(OC)ccn1.[Cu+2].[Cu+2].[O-][Cl+3]([O-])([O-])[O-].[O-][Cl+3]([O-])([O-])[O-].[O-][Cl+3]([O-])([O-])[O-].[O-][Cl+3]([O-])([O-])[O-]. The number of aromatic nitrogens is 4. The van der Waals surface area contributed by atoms with Crippen LogP contribution >= 0.6 is 0 Å². The van der Waals surface area contributed by atoms with Crippen molar-refractivity contribution in [3.8, 4) is 47.3 Å². The van der Waals surface area contributed by atoms with Gasteiger partial charge in [-0.25, -0.2) is 74.5 Å². The fraction of sp³-hybridized carbons (Fsp3) is 0.483. The third-order valence-corrected chi connectivity index (χ3v) is 14.5. The van der Waals surface area contributed by atoms with Gasteiger partial charge in [-0.1, -0.05) is 0 Å². The Bertz CT molecular complexity index is 3160. The average molecular weight is 1690 g/mol. The van der Waals surface area contributed by atoms with Crippen molar-refractivity contribution in [1.29, 1.82) is 21.0 Å². The Morgan fingerprint density at radius 3 is 0.642 bits per heavy atom. The molecule has 4 aliphatic rings. The topological polar surface area (TPSA) is 705 Å². The number of pyridine rings is 4.